The Bertz CT molecular complexity index is 882. The highest BCUT2D eigenvalue weighted by Gasteiger charge is 2.22. The van der Waals surface area contributed by atoms with Crippen LogP contribution in [-0.4, -0.2) is 43.2 Å². The van der Waals surface area contributed by atoms with Crippen molar-refractivity contribution in [3.63, 3.8) is 0 Å². The lowest BCUT2D eigenvalue weighted by Crippen LogP contribution is -2.37. The molecule has 1 aliphatic rings. The molecule has 1 fully saturated rings. The van der Waals surface area contributed by atoms with Gasteiger partial charge < -0.3 is 10.0 Å². The molecule has 1 aromatic carbocycles. The summed E-state index contributed by atoms with van der Waals surface area (Å²) in [7, 11) is 0. The van der Waals surface area contributed by atoms with Gasteiger partial charge in [0.2, 0.25) is 0 Å². The maximum atomic E-state index is 9.10. The number of hydrogen-bond acceptors (Lipinski definition) is 6. The molecule has 0 aliphatic carbocycles. The molecule has 0 saturated carbocycles. The van der Waals surface area contributed by atoms with Crippen molar-refractivity contribution in [3.8, 4) is 0 Å². The van der Waals surface area contributed by atoms with Crippen LogP contribution in [0, 0.1) is 5.92 Å². The van der Waals surface area contributed by atoms with Gasteiger partial charge in [0.15, 0.2) is 0 Å². The van der Waals surface area contributed by atoms with E-state index in [4.69, 9.17) is 21.7 Å². The van der Waals surface area contributed by atoms with Crippen molar-refractivity contribution in [2.45, 2.75) is 26.0 Å². The van der Waals surface area contributed by atoms with Crippen molar-refractivity contribution in [1.82, 2.24) is 25.0 Å². The number of aliphatic hydroxyl groups excluding tert-OH is 1. The molecular formula is C17H19ClN6O. The third kappa shape index (κ3) is 3.57. The van der Waals surface area contributed by atoms with Crippen LogP contribution < -0.4 is 4.90 Å². The van der Waals surface area contributed by atoms with Crippen LogP contribution in [0.4, 0.5) is 5.82 Å². The van der Waals surface area contributed by atoms with Crippen LogP contribution in [0.1, 0.15) is 18.5 Å². The summed E-state index contributed by atoms with van der Waals surface area (Å²) < 4.78 is 1.81. The second-order valence-corrected chi connectivity index (χ2v) is 6.84. The zero-order valence-corrected chi connectivity index (χ0v) is 14.5. The highest BCUT2D eigenvalue weighted by molar-refractivity contribution is 6.31. The largest absolute Gasteiger partial charge is 0.390 e. The van der Waals surface area contributed by atoms with Gasteiger partial charge in [-0.05, 0) is 37.0 Å². The lowest BCUT2D eigenvalue weighted by Gasteiger charge is -2.33. The number of piperidine rings is 1. The van der Waals surface area contributed by atoms with E-state index in [0.717, 1.165) is 49.3 Å². The summed E-state index contributed by atoms with van der Waals surface area (Å²) in [6, 6.07) is 5.56. The Kier molecular flexibility index (Phi) is 4.50. The minimum absolute atomic E-state index is 0.0774. The van der Waals surface area contributed by atoms with Crippen molar-refractivity contribution in [1.29, 1.82) is 0 Å². The van der Waals surface area contributed by atoms with Crippen molar-refractivity contribution in [2.24, 2.45) is 5.92 Å². The van der Waals surface area contributed by atoms with Crippen molar-refractivity contribution in [3.05, 3.63) is 41.3 Å². The van der Waals surface area contributed by atoms with E-state index in [0.29, 0.717) is 16.6 Å². The first kappa shape index (κ1) is 16.2. The summed E-state index contributed by atoms with van der Waals surface area (Å²) in [5.41, 5.74) is 2.27. The predicted molar refractivity (Wildman–Crippen MR) is 95.4 cm³/mol. The number of anilines is 1. The molecule has 25 heavy (non-hydrogen) atoms. The summed E-state index contributed by atoms with van der Waals surface area (Å²) in [4.78, 5) is 11.5. The molecule has 0 unspecified atom stereocenters. The summed E-state index contributed by atoms with van der Waals surface area (Å²) in [5, 5.41) is 17.8. The third-order valence-corrected chi connectivity index (χ3v) is 4.76. The molecule has 1 saturated heterocycles. The number of halogens is 1. The zero-order valence-electron chi connectivity index (χ0n) is 13.7. The van der Waals surface area contributed by atoms with Crippen LogP contribution in [0.5, 0.6) is 0 Å². The van der Waals surface area contributed by atoms with E-state index in [1.807, 2.05) is 29.1 Å². The fraction of sp³-hybridized carbons (Fsp3) is 0.412. The van der Waals surface area contributed by atoms with Crippen LogP contribution in [0.15, 0.2) is 30.6 Å². The molecule has 0 amide bonds. The van der Waals surface area contributed by atoms with Gasteiger partial charge in [0.1, 0.15) is 11.5 Å². The molecule has 0 spiro atoms. The van der Waals surface area contributed by atoms with Gasteiger partial charge in [0.05, 0.1) is 30.0 Å². The number of benzene rings is 1. The van der Waals surface area contributed by atoms with E-state index < -0.39 is 0 Å². The molecule has 1 atom stereocenters. The fourth-order valence-corrected chi connectivity index (χ4v) is 3.48. The number of fused-ring (bicyclic) bond motifs is 1. The molecule has 4 rings (SSSR count). The normalized spacial score (nSPS) is 18.0. The van der Waals surface area contributed by atoms with Gasteiger partial charge in [-0.3, -0.25) is 9.67 Å². The van der Waals surface area contributed by atoms with Crippen LogP contribution in [0.25, 0.3) is 11.0 Å². The quantitative estimate of drug-likeness (QED) is 0.770. The van der Waals surface area contributed by atoms with E-state index in [1.165, 1.54) is 0 Å². The van der Waals surface area contributed by atoms with E-state index >= 15 is 0 Å². The van der Waals surface area contributed by atoms with Gasteiger partial charge >= 0.3 is 0 Å². The summed E-state index contributed by atoms with van der Waals surface area (Å²) in [6.07, 6.45) is 5.87. The SMILES string of the molecule is OCc1cn(C[C@H]2CCCN(c3cnc4ccc(Cl)cc4n3)C2)nn1. The third-order valence-electron chi connectivity index (χ3n) is 4.53. The Morgan fingerprint density at radius 3 is 3.04 bits per heavy atom. The maximum absolute atomic E-state index is 9.10. The highest BCUT2D eigenvalue weighted by atomic mass is 35.5. The number of hydrogen-bond donors (Lipinski definition) is 1. The Balaban J connectivity index is 1.50. The van der Waals surface area contributed by atoms with Crippen LogP contribution in [0.3, 0.4) is 0 Å². The number of aromatic nitrogens is 5. The second-order valence-electron chi connectivity index (χ2n) is 6.41. The van der Waals surface area contributed by atoms with E-state index in [-0.39, 0.29) is 6.61 Å². The average molecular weight is 359 g/mol. The number of nitrogens with zero attached hydrogens (tertiary/aromatic N) is 6. The molecule has 8 heteroatoms. The lowest BCUT2D eigenvalue weighted by molar-refractivity contribution is 0.276. The maximum Gasteiger partial charge on any atom is 0.147 e. The Morgan fingerprint density at radius 2 is 2.20 bits per heavy atom. The molecule has 0 radical (unpaired) electrons. The molecule has 1 aliphatic heterocycles. The predicted octanol–water partition coefficient (Wildman–Crippen LogP) is 2.28. The van der Waals surface area contributed by atoms with Crippen LogP contribution in [-0.2, 0) is 13.2 Å². The molecule has 7 nitrogen and oxygen atoms in total. The summed E-state index contributed by atoms with van der Waals surface area (Å²) in [6.45, 7) is 2.58. The highest BCUT2D eigenvalue weighted by Crippen LogP contribution is 2.24. The lowest BCUT2D eigenvalue weighted by atomic mass is 9.98. The van der Waals surface area contributed by atoms with Gasteiger partial charge in [0, 0.05) is 24.7 Å². The van der Waals surface area contributed by atoms with Gasteiger partial charge in [-0.15, -0.1) is 5.10 Å². The van der Waals surface area contributed by atoms with Crippen LogP contribution >= 0.6 is 11.6 Å². The number of rotatable bonds is 4. The summed E-state index contributed by atoms with van der Waals surface area (Å²) in [5.74, 6) is 1.34. The molecule has 3 heterocycles. The Hall–Kier alpha value is -2.25. The van der Waals surface area contributed by atoms with Crippen molar-refractivity contribution >= 4 is 28.5 Å². The topological polar surface area (TPSA) is 80.0 Å². The van der Waals surface area contributed by atoms with Gasteiger partial charge in [-0.25, -0.2) is 4.98 Å². The smallest absolute Gasteiger partial charge is 0.147 e. The van der Waals surface area contributed by atoms with Gasteiger partial charge in [-0.2, -0.15) is 0 Å². The second kappa shape index (κ2) is 6.93. The van der Waals surface area contributed by atoms with Gasteiger partial charge in [0.25, 0.3) is 0 Å². The number of aliphatic hydroxyl groups is 1. The monoisotopic (exact) mass is 358 g/mol. The van der Waals surface area contributed by atoms with Gasteiger partial charge in [-0.1, -0.05) is 16.8 Å². The molecule has 1 N–H and O–H groups in total. The van der Waals surface area contributed by atoms with Crippen LogP contribution in [0.2, 0.25) is 5.02 Å². The minimum atomic E-state index is -0.0774. The molecule has 3 aromatic rings. The Labute approximate surface area is 150 Å². The molecule has 2 aromatic heterocycles. The van der Waals surface area contributed by atoms with Crippen molar-refractivity contribution in [2.75, 3.05) is 18.0 Å². The standard InChI is InChI=1S/C17H19ClN6O/c18-13-3-4-15-16(6-13)20-17(7-19-15)23-5-1-2-12(8-23)9-24-10-14(11-25)21-22-24/h3-4,6-7,10,12,25H,1-2,5,8-9,11H2/t12-/m0/s1. The fourth-order valence-electron chi connectivity index (χ4n) is 3.31. The summed E-state index contributed by atoms with van der Waals surface area (Å²) >= 11 is 6.07. The zero-order chi connectivity index (χ0) is 17.2. The van der Waals surface area contributed by atoms with Crippen molar-refractivity contribution < 1.29 is 5.11 Å². The first-order valence-electron chi connectivity index (χ1n) is 8.38. The molecule has 0 bridgehead atoms. The van der Waals surface area contributed by atoms with E-state index in [9.17, 15) is 0 Å². The molecule has 130 valence electrons. The first-order chi connectivity index (χ1) is 12.2. The molecular weight excluding hydrogens is 340 g/mol. The van der Waals surface area contributed by atoms with E-state index in [1.54, 1.807) is 6.20 Å². The average Bonchev–Trinajstić information content (AvgIpc) is 3.09. The van der Waals surface area contributed by atoms with E-state index in [2.05, 4.69) is 20.2 Å². The first-order valence-corrected chi connectivity index (χ1v) is 8.76. The Morgan fingerprint density at radius 1 is 1.28 bits per heavy atom. The minimum Gasteiger partial charge on any atom is -0.390 e.